The molecule has 116 valence electrons. The largest absolute Gasteiger partial charge is 0.460 e. The van der Waals surface area contributed by atoms with Crippen molar-refractivity contribution >= 4 is 11.9 Å². The molecule has 0 atom stereocenters. The Morgan fingerprint density at radius 2 is 1.52 bits per heavy atom. The fourth-order valence-electron chi connectivity index (χ4n) is 1.59. The average molecular weight is 294 g/mol. The first-order valence-corrected chi connectivity index (χ1v) is 6.76. The molecule has 0 aliphatic carbocycles. The van der Waals surface area contributed by atoms with E-state index in [4.69, 9.17) is 9.47 Å². The molecule has 0 unspecified atom stereocenters. The first kappa shape index (κ1) is 17.1. The zero-order valence-corrected chi connectivity index (χ0v) is 13.4. The van der Waals surface area contributed by atoms with Gasteiger partial charge >= 0.3 is 11.9 Å². The molecule has 0 spiro atoms. The quantitative estimate of drug-likeness (QED) is 0.625. The summed E-state index contributed by atoms with van der Waals surface area (Å²) in [5, 5.41) is 0. The van der Waals surface area contributed by atoms with Gasteiger partial charge in [-0.25, -0.2) is 0 Å². The number of ether oxygens (including phenoxy) is 2. The highest BCUT2D eigenvalue weighted by Gasteiger charge is 2.20. The Balaban J connectivity index is 2.54. The van der Waals surface area contributed by atoms with Crippen LogP contribution in [0.3, 0.4) is 0 Å². The molecule has 0 saturated carbocycles. The fraction of sp³-hybridized carbons (Fsp3) is 0.600. The second kappa shape index (κ2) is 6.65. The number of nitrogens with zero attached hydrogens (tertiary/aromatic N) is 2. The maximum Gasteiger partial charge on any atom is 0.317 e. The average Bonchev–Trinajstić information content (AvgIpc) is 2.29. The lowest BCUT2D eigenvalue weighted by molar-refractivity contribution is -0.162. The molecule has 0 aliphatic heterocycles. The van der Waals surface area contributed by atoms with Crippen LogP contribution in [0.4, 0.5) is 0 Å². The van der Waals surface area contributed by atoms with E-state index in [0.29, 0.717) is 11.4 Å². The summed E-state index contributed by atoms with van der Waals surface area (Å²) in [5.41, 5.74) is 2.32. The van der Waals surface area contributed by atoms with Crippen LogP contribution < -0.4 is 0 Å². The smallest absolute Gasteiger partial charge is 0.317 e. The number of hydrogen-bond donors (Lipinski definition) is 0. The zero-order valence-electron chi connectivity index (χ0n) is 13.4. The highest BCUT2D eigenvalue weighted by atomic mass is 16.6. The van der Waals surface area contributed by atoms with Gasteiger partial charge in [0.2, 0.25) is 0 Å². The summed E-state index contributed by atoms with van der Waals surface area (Å²) >= 11 is 0. The lowest BCUT2D eigenvalue weighted by Gasteiger charge is -2.19. The van der Waals surface area contributed by atoms with Crippen LogP contribution in [0.5, 0.6) is 0 Å². The van der Waals surface area contributed by atoms with E-state index in [-0.39, 0.29) is 6.61 Å². The maximum absolute atomic E-state index is 11.6. The summed E-state index contributed by atoms with van der Waals surface area (Å²) < 4.78 is 10.1. The Kier molecular flexibility index (Phi) is 5.41. The van der Waals surface area contributed by atoms with E-state index in [9.17, 15) is 9.59 Å². The number of aryl methyl sites for hydroxylation is 3. The minimum absolute atomic E-state index is 0.00157. The summed E-state index contributed by atoms with van der Waals surface area (Å²) in [6.07, 6.45) is -0.408. The fourth-order valence-corrected chi connectivity index (χ4v) is 1.59. The van der Waals surface area contributed by atoms with Gasteiger partial charge in [0, 0.05) is 0 Å². The first-order chi connectivity index (χ1) is 9.58. The van der Waals surface area contributed by atoms with Crippen LogP contribution in [0, 0.1) is 20.8 Å². The molecule has 0 bridgehead atoms. The molecule has 0 saturated heterocycles. The van der Waals surface area contributed by atoms with Gasteiger partial charge in [-0.05, 0) is 41.5 Å². The summed E-state index contributed by atoms with van der Waals surface area (Å²) in [5.74, 6) is -1.24. The number of aromatic nitrogens is 2. The van der Waals surface area contributed by atoms with Crippen LogP contribution in [-0.2, 0) is 25.7 Å². The van der Waals surface area contributed by atoms with E-state index in [0.717, 1.165) is 11.4 Å². The second-order valence-corrected chi connectivity index (χ2v) is 5.85. The Bertz CT molecular complexity index is 547. The normalized spacial score (nSPS) is 11.1. The standard InChI is InChI=1S/C15H22N2O4/c1-9-10(2)17-12(11(3)16-9)8-20-13(18)7-14(19)21-15(4,5)6/h7-8H2,1-6H3. The highest BCUT2D eigenvalue weighted by molar-refractivity contribution is 5.91. The molecular weight excluding hydrogens is 272 g/mol. The molecule has 1 heterocycles. The summed E-state index contributed by atoms with van der Waals surface area (Å²) in [6.45, 7) is 10.7. The summed E-state index contributed by atoms with van der Waals surface area (Å²) in [6, 6.07) is 0. The van der Waals surface area contributed by atoms with Crippen molar-refractivity contribution in [1.29, 1.82) is 0 Å². The van der Waals surface area contributed by atoms with Crippen molar-refractivity contribution in [2.24, 2.45) is 0 Å². The van der Waals surface area contributed by atoms with Gasteiger partial charge in [0.25, 0.3) is 0 Å². The molecule has 21 heavy (non-hydrogen) atoms. The molecule has 1 aromatic heterocycles. The minimum atomic E-state index is -0.635. The summed E-state index contributed by atoms with van der Waals surface area (Å²) in [7, 11) is 0. The summed E-state index contributed by atoms with van der Waals surface area (Å²) in [4.78, 5) is 31.7. The van der Waals surface area contributed by atoms with Crippen LogP contribution in [0.25, 0.3) is 0 Å². The van der Waals surface area contributed by atoms with Crippen LogP contribution in [0.2, 0.25) is 0 Å². The Morgan fingerprint density at radius 3 is 2.10 bits per heavy atom. The van der Waals surface area contributed by atoms with Gasteiger partial charge in [0.15, 0.2) is 0 Å². The number of rotatable bonds is 4. The van der Waals surface area contributed by atoms with E-state index in [1.165, 1.54) is 0 Å². The van der Waals surface area contributed by atoms with Crippen molar-refractivity contribution < 1.29 is 19.1 Å². The van der Waals surface area contributed by atoms with Crippen molar-refractivity contribution in [3.8, 4) is 0 Å². The third kappa shape index (κ3) is 5.89. The van der Waals surface area contributed by atoms with E-state index in [1.807, 2.05) is 13.8 Å². The Hall–Kier alpha value is -1.98. The molecular formula is C15H22N2O4. The van der Waals surface area contributed by atoms with E-state index in [1.54, 1.807) is 27.7 Å². The van der Waals surface area contributed by atoms with Gasteiger partial charge in [0.1, 0.15) is 18.6 Å². The number of hydrogen-bond acceptors (Lipinski definition) is 6. The van der Waals surface area contributed by atoms with Gasteiger partial charge in [-0.15, -0.1) is 0 Å². The number of carbonyl (C=O) groups is 2. The van der Waals surface area contributed by atoms with E-state index >= 15 is 0 Å². The molecule has 1 aromatic rings. The SMILES string of the molecule is Cc1nc(C)c(COC(=O)CC(=O)OC(C)(C)C)nc1C. The van der Waals surface area contributed by atoms with Crippen molar-refractivity contribution in [3.63, 3.8) is 0 Å². The molecule has 0 N–H and O–H groups in total. The van der Waals surface area contributed by atoms with Crippen molar-refractivity contribution in [2.75, 3.05) is 0 Å². The lowest BCUT2D eigenvalue weighted by Crippen LogP contribution is -2.25. The van der Waals surface area contributed by atoms with Crippen molar-refractivity contribution in [3.05, 3.63) is 22.8 Å². The molecule has 0 aliphatic rings. The first-order valence-electron chi connectivity index (χ1n) is 6.76. The van der Waals surface area contributed by atoms with Crippen LogP contribution in [0.15, 0.2) is 0 Å². The van der Waals surface area contributed by atoms with Gasteiger partial charge in [-0.1, -0.05) is 0 Å². The van der Waals surface area contributed by atoms with Gasteiger partial charge in [-0.3, -0.25) is 19.6 Å². The molecule has 0 radical (unpaired) electrons. The zero-order chi connectivity index (χ0) is 16.2. The molecule has 0 amide bonds. The minimum Gasteiger partial charge on any atom is -0.460 e. The molecule has 0 fully saturated rings. The maximum atomic E-state index is 11.6. The second-order valence-electron chi connectivity index (χ2n) is 5.85. The van der Waals surface area contributed by atoms with Gasteiger partial charge in [-0.2, -0.15) is 0 Å². The topological polar surface area (TPSA) is 78.4 Å². The Labute approximate surface area is 124 Å². The number of carbonyl (C=O) groups excluding carboxylic acids is 2. The van der Waals surface area contributed by atoms with Crippen LogP contribution in [0.1, 0.15) is 50.0 Å². The van der Waals surface area contributed by atoms with E-state index in [2.05, 4.69) is 9.97 Å². The number of esters is 2. The van der Waals surface area contributed by atoms with Gasteiger partial charge < -0.3 is 9.47 Å². The van der Waals surface area contributed by atoms with Crippen LogP contribution in [-0.4, -0.2) is 27.5 Å². The molecule has 6 heteroatoms. The molecule has 6 nitrogen and oxygen atoms in total. The third-order valence-electron chi connectivity index (χ3n) is 2.66. The molecule has 0 aromatic carbocycles. The third-order valence-corrected chi connectivity index (χ3v) is 2.66. The van der Waals surface area contributed by atoms with Crippen LogP contribution >= 0.6 is 0 Å². The highest BCUT2D eigenvalue weighted by Crippen LogP contribution is 2.10. The van der Waals surface area contributed by atoms with Crippen molar-refractivity contribution in [1.82, 2.24) is 9.97 Å². The predicted octanol–water partition coefficient (Wildman–Crippen LogP) is 2.18. The van der Waals surface area contributed by atoms with Crippen molar-refractivity contribution in [2.45, 2.75) is 60.2 Å². The monoisotopic (exact) mass is 294 g/mol. The Morgan fingerprint density at radius 1 is 0.952 bits per heavy atom. The van der Waals surface area contributed by atoms with E-state index < -0.39 is 24.0 Å². The lowest BCUT2D eigenvalue weighted by atomic mass is 10.2. The molecule has 1 rings (SSSR count). The van der Waals surface area contributed by atoms with Gasteiger partial charge in [0.05, 0.1) is 22.8 Å². The predicted molar refractivity (Wildman–Crippen MR) is 76.5 cm³/mol.